The highest BCUT2D eigenvalue weighted by atomic mass is 79.9. The van der Waals surface area contributed by atoms with Crippen molar-refractivity contribution in [2.45, 2.75) is 18.9 Å². The summed E-state index contributed by atoms with van der Waals surface area (Å²) in [5.41, 5.74) is 0.933. The normalized spacial score (nSPS) is 17.7. The molecule has 21 heavy (non-hydrogen) atoms. The lowest BCUT2D eigenvalue weighted by atomic mass is 10.2. The van der Waals surface area contributed by atoms with Crippen LogP contribution in [0.25, 0.3) is 0 Å². The van der Waals surface area contributed by atoms with Crippen LogP contribution in [0, 0.1) is 0 Å². The van der Waals surface area contributed by atoms with Gasteiger partial charge in [-0.05, 0) is 40.9 Å². The number of rotatable bonds is 5. The average molecular weight is 350 g/mol. The second-order valence-corrected chi connectivity index (χ2v) is 5.64. The van der Waals surface area contributed by atoms with E-state index in [0.29, 0.717) is 18.3 Å². The monoisotopic (exact) mass is 349 g/mol. The Morgan fingerprint density at radius 1 is 1.33 bits per heavy atom. The lowest BCUT2D eigenvalue weighted by molar-refractivity contribution is 0.120. The van der Waals surface area contributed by atoms with Crippen LogP contribution in [0.4, 0.5) is 17.5 Å². The zero-order valence-electron chi connectivity index (χ0n) is 11.4. The Morgan fingerprint density at radius 3 is 3.05 bits per heavy atom. The van der Waals surface area contributed by atoms with Crippen LogP contribution in [-0.4, -0.2) is 34.4 Å². The molecule has 1 atom stereocenters. The van der Waals surface area contributed by atoms with Crippen LogP contribution in [0.1, 0.15) is 12.8 Å². The minimum absolute atomic E-state index is 0.244. The predicted octanol–water partition coefficient (Wildman–Crippen LogP) is 2.97. The lowest BCUT2D eigenvalue weighted by Gasteiger charge is -2.11. The number of ether oxygens (including phenoxy) is 1. The molecule has 110 valence electrons. The molecule has 0 saturated carbocycles. The van der Waals surface area contributed by atoms with Crippen molar-refractivity contribution in [3.8, 4) is 0 Å². The summed E-state index contributed by atoms with van der Waals surface area (Å²) in [5.74, 6) is 1.15. The quantitative estimate of drug-likeness (QED) is 0.864. The number of nitrogens with zero attached hydrogens (tertiary/aromatic N) is 3. The van der Waals surface area contributed by atoms with Crippen LogP contribution in [0.2, 0.25) is 0 Å². The van der Waals surface area contributed by atoms with Gasteiger partial charge in [-0.15, -0.1) is 5.10 Å². The molecule has 0 radical (unpaired) electrons. The maximum Gasteiger partial charge on any atom is 0.244 e. The molecule has 1 saturated heterocycles. The van der Waals surface area contributed by atoms with Gasteiger partial charge in [-0.25, -0.2) is 0 Å². The first-order valence-electron chi connectivity index (χ1n) is 6.88. The Bertz CT molecular complexity index is 603. The van der Waals surface area contributed by atoms with Crippen molar-refractivity contribution >= 4 is 33.4 Å². The summed E-state index contributed by atoms with van der Waals surface area (Å²) in [6.07, 6.45) is 4.04. The highest BCUT2D eigenvalue weighted by Crippen LogP contribution is 2.24. The summed E-state index contributed by atoms with van der Waals surface area (Å²) in [7, 11) is 0. The van der Waals surface area contributed by atoms with Crippen LogP contribution in [0.3, 0.4) is 0 Å². The van der Waals surface area contributed by atoms with Gasteiger partial charge < -0.3 is 15.4 Å². The number of halogens is 1. The Balaban J connectivity index is 1.64. The molecule has 0 bridgehead atoms. The lowest BCUT2D eigenvalue weighted by Crippen LogP contribution is -2.20. The second-order valence-electron chi connectivity index (χ2n) is 4.79. The van der Waals surface area contributed by atoms with Crippen molar-refractivity contribution in [3.63, 3.8) is 0 Å². The first-order valence-corrected chi connectivity index (χ1v) is 7.67. The standard InChI is InChI=1S/C14H16BrN5O/c15-11-5-1-2-6-12(11)18-13-9-17-20-14(19-13)16-8-10-4-3-7-21-10/h1-2,5-6,9-10H,3-4,7-8H2,(H2,16,18,19,20). The van der Waals surface area contributed by atoms with Crippen LogP contribution < -0.4 is 10.6 Å². The number of para-hydroxylation sites is 1. The molecule has 0 spiro atoms. The van der Waals surface area contributed by atoms with Gasteiger partial charge in [0.05, 0.1) is 18.0 Å². The summed E-state index contributed by atoms with van der Waals surface area (Å²) < 4.78 is 6.53. The number of hydrogen-bond acceptors (Lipinski definition) is 6. The molecule has 1 aliphatic heterocycles. The van der Waals surface area contributed by atoms with Gasteiger partial charge in [0, 0.05) is 17.6 Å². The van der Waals surface area contributed by atoms with E-state index >= 15 is 0 Å². The first-order chi connectivity index (χ1) is 10.3. The van der Waals surface area contributed by atoms with Crippen LogP contribution in [-0.2, 0) is 4.74 Å². The Labute approximate surface area is 131 Å². The van der Waals surface area contributed by atoms with E-state index in [2.05, 4.69) is 41.7 Å². The SMILES string of the molecule is Brc1ccccc1Nc1cnnc(NCC2CCCO2)n1. The predicted molar refractivity (Wildman–Crippen MR) is 84.7 cm³/mol. The van der Waals surface area contributed by atoms with Gasteiger partial charge >= 0.3 is 0 Å². The molecule has 1 aromatic carbocycles. The molecule has 1 fully saturated rings. The Hall–Kier alpha value is -1.73. The molecular weight excluding hydrogens is 334 g/mol. The van der Waals surface area contributed by atoms with Gasteiger partial charge in [-0.3, -0.25) is 0 Å². The van der Waals surface area contributed by atoms with Gasteiger partial charge in [-0.1, -0.05) is 12.1 Å². The minimum atomic E-state index is 0.244. The number of benzene rings is 1. The van der Waals surface area contributed by atoms with Crippen molar-refractivity contribution in [1.29, 1.82) is 0 Å². The third-order valence-electron chi connectivity index (χ3n) is 3.21. The highest BCUT2D eigenvalue weighted by Gasteiger charge is 2.15. The van der Waals surface area contributed by atoms with Crippen LogP contribution in [0.15, 0.2) is 34.9 Å². The topological polar surface area (TPSA) is 72.0 Å². The summed E-state index contributed by atoms with van der Waals surface area (Å²) >= 11 is 3.49. The molecule has 2 heterocycles. The first kappa shape index (κ1) is 14.2. The summed E-state index contributed by atoms with van der Waals surface area (Å²) in [6, 6.07) is 7.85. The second kappa shape index (κ2) is 6.82. The van der Waals surface area contributed by atoms with E-state index < -0.39 is 0 Å². The molecular formula is C14H16BrN5O. The van der Waals surface area contributed by atoms with E-state index in [9.17, 15) is 0 Å². The average Bonchev–Trinajstić information content (AvgIpc) is 3.01. The fourth-order valence-electron chi connectivity index (χ4n) is 2.15. The third-order valence-corrected chi connectivity index (χ3v) is 3.90. The van der Waals surface area contributed by atoms with Crippen LogP contribution in [0.5, 0.6) is 0 Å². The smallest absolute Gasteiger partial charge is 0.244 e. The zero-order valence-corrected chi connectivity index (χ0v) is 13.0. The highest BCUT2D eigenvalue weighted by molar-refractivity contribution is 9.10. The molecule has 3 rings (SSSR count). The summed E-state index contributed by atoms with van der Waals surface area (Å²) in [4.78, 5) is 4.40. The van der Waals surface area contributed by atoms with Gasteiger partial charge in [0.25, 0.3) is 0 Å². The number of anilines is 3. The third kappa shape index (κ3) is 3.89. The maximum atomic E-state index is 5.56. The molecule has 1 aliphatic rings. The largest absolute Gasteiger partial charge is 0.376 e. The Morgan fingerprint density at radius 2 is 2.24 bits per heavy atom. The summed E-state index contributed by atoms with van der Waals surface area (Å²) in [5, 5.41) is 14.3. The summed E-state index contributed by atoms with van der Waals surface area (Å²) in [6.45, 7) is 1.55. The molecule has 0 amide bonds. The molecule has 7 heteroatoms. The molecule has 2 aromatic rings. The van der Waals surface area contributed by atoms with E-state index in [0.717, 1.165) is 29.6 Å². The van der Waals surface area contributed by atoms with E-state index in [1.54, 1.807) is 6.20 Å². The fraction of sp³-hybridized carbons (Fsp3) is 0.357. The maximum absolute atomic E-state index is 5.56. The van der Waals surface area contributed by atoms with E-state index in [4.69, 9.17) is 4.74 Å². The van der Waals surface area contributed by atoms with Gasteiger partial charge in [0.1, 0.15) is 0 Å². The minimum Gasteiger partial charge on any atom is -0.376 e. The number of hydrogen-bond donors (Lipinski definition) is 2. The van der Waals surface area contributed by atoms with Crippen LogP contribution >= 0.6 is 15.9 Å². The van der Waals surface area contributed by atoms with Crippen molar-refractivity contribution < 1.29 is 4.74 Å². The van der Waals surface area contributed by atoms with E-state index in [-0.39, 0.29) is 6.10 Å². The van der Waals surface area contributed by atoms with Crippen molar-refractivity contribution in [2.24, 2.45) is 0 Å². The molecule has 1 aromatic heterocycles. The molecule has 1 unspecified atom stereocenters. The molecule has 2 N–H and O–H groups in total. The molecule has 6 nitrogen and oxygen atoms in total. The van der Waals surface area contributed by atoms with Crippen molar-refractivity contribution in [1.82, 2.24) is 15.2 Å². The zero-order chi connectivity index (χ0) is 14.5. The molecule has 0 aliphatic carbocycles. The van der Waals surface area contributed by atoms with Gasteiger partial charge in [0.15, 0.2) is 5.82 Å². The van der Waals surface area contributed by atoms with Crippen molar-refractivity contribution in [2.75, 3.05) is 23.8 Å². The van der Waals surface area contributed by atoms with Crippen molar-refractivity contribution in [3.05, 3.63) is 34.9 Å². The van der Waals surface area contributed by atoms with E-state index in [1.165, 1.54) is 0 Å². The Kier molecular flexibility index (Phi) is 4.62. The van der Waals surface area contributed by atoms with E-state index in [1.807, 2.05) is 24.3 Å². The fourth-order valence-corrected chi connectivity index (χ4v) is 2.53. The number of aromatic nitrogens is 3. The van der Waals surface area contributed by atoms with Gasteiger partial charge in [0.2, 0.25) is 5.95 Å². The van der Waals surface area contributed by atoms with Gasteiger partial charge in [-0.2, -0.15) is 10.1 Å². The number of nitrogens with one attached hydrogen (secondary N) is 2.